The minimum atomic E-state index is 0. The van der Waals surface area contributed by atoms with Crippen molar-refractivity contribution in [1.82, 2.24) is 4.90 Å². The van der Waals surface area contributed by atoms with Crippen molar-refractivity contribution >= 4 is 48.1 Å². The molecule has 0 aromatic heterocycles. The average Bonchev–Trinajstić information content (AvgIpc) is 2.45. The topological polar surface area (TPSA) is 21.7 Å². The van der Waals surface area contributed by atoms with Gasteiger partial charge in [0.15, 0.2) is 0 Å². The summed E-state index contributed by atoms with van der Waals surface area (Å²) < 4.78 is 12.2. The molecule has 1 aromatic rings. The Morgan fingerprint density at radius 2 is 1.95 bits per heavy atom. The van der Waals surface area contributed by atoms with Crippen LogP contribution in [0.2, 0.25) is 5.32 Å². The zero-order valence-corrected chi connectivity index (χ0v) is 14.8. The van der Waals surface area contributed by atoms with E-state index < -0.39 is 0 Å². The monoisotopic (exact) mass is 415 g/mol. The number of morpholine rings is 1. The molecule has 0 amide bonds. The molecule has 0 spiro atoms. The third-order valence-electron chi connectivity index (χ3n) is 2.87. The van der Waals surface area contributed by atoms with Crippen LogP contribution in [0.3, 0.4) is 0 Å². The van der Waals surface area contributed by atoms with Gasteiger partial charge >= 0.3 is 124 Å². The van der Waals surface area contributed by atoms with Gasteiger partial charge < -0.3 is 0 Å². The summed E-state index contributed by atoms with van der Waals surface area (Å²) in [6.07, 6.45) is 0.267. The largest absolute Gasteiger partial charge is 0.147 e. The van der Waals surface area contributed by atoms with Gasteiger partial charge in [0.1, 0.15) is 0 Å². The molecule has 1 aliphatic rings. The van der Waals surface area contributed by atoms with Crippen molar-refractivity contribution in [2.24, 2.45) is 0 Å². The summed E-state index contributed by atoms with van der Waals surface area (Å²) >= 11 is 3.65. The first kappa shape index (κ1) is 17.4. The molecule has 1 atom stereocenters. The molecule has 1 aliphatic heterocycles. The fourth-order valence-corrected chi connectivity index (χ4v) is 4.42. The van der Waals surface area contributed by atoms with E-state index in [1.807, 2.05) is 0 Å². The van der Waals surface area contributed by atoms with E-state index in [4.69, 9.17) is 8.57 Å². The predicted molar refractivity (Wildman–Crippen MR) is 84.9 cm³/mol. The Morgan fingerprint density at radius 3 is 2.58 bits per heavy atom. The molecule has 2 rings (SSSR count). The van der Waals surface area contributed by atoms with Crippen LogP contribution < -0.4 is 4.46 Å². The van der Waals surface area contributed by atoms with Crippen molar-refractivity contribution in [1.29, 1.82) is 0 Å². The van der Waals surface area contributed by atoms with E-state index in [2.05, 4.69) is 51.5 Å². The zero-order chi connectivity index (χ0) is 12.6. The second-order valence-corrected chi connectivity index (χ2v) is 6.92. The second kappa shape index (κ2) is 10.2. The van der Waals surface area contributed by atoms with Gasteiger partial charge in [0.05, 0.1) is 0 Å². The van der Waals surface area contributed by atoms with Gasteiger partial charge in [0, 0.05) is 0 Å². The summed E-state index contributed by atoms with van der Waals surface area (Å²) in [4.78, 5) is 2.41. The number of halogens is 2. The van der Waals surface area contributed by atoms with Crippen LogP contribution in [0.5, 0.6) is 0 Å². The number of hydrogen-bond donors (Lipinski definition) is 0. The standard InChI is InChI=1S/C13H18BrNO2Se.ClH/c14-17-12(10-15-6-8-16-9-7-15)11-18-13-4-2-1-3-5-13;/h1-5,12H,6-11H2;1H. The summed E-state index contributed by atoms with van der Waals surface area (Å²) in [6, 6.07) is 10.7. The molecule has 0 saturated carbocycles. The summed E-state index contributed by atoms with van der Waals surface area (Å²) in [5, 5.41) is 1.10. The number of ether oxygens (including phenoxy) is 1. The van der Waals surface area contributed by atoms with Crippen LogP contribution >= 0.6 is 28.7 Å². The molecular formula is C13H19BrClNO2Se. The first-order valence-electron chi connectivity index (χ1n) is 6.14. The molecule has 0 aliphatic carbocycles. The summed E-state index contributed by atoms with van der Waals surface area (Å²) in [6.45, 7) is 4.72. The first-order chi connectivity index (χ1) is 8.88. The van der Waals surface area contributed by atoms with Crippen molar-refractivity contribution < 1.29 is 8.57 Å². The van der Waals surface area contributed by atoms with Gasteiger partial charge in [-0.2, -0.15) is 0 Å². The molecule has 3 nitrogen and oxygen atoms in total. The van der Waals surface area contributed by atoms with Crippen LogP contribution in [0, 0.1) is 0 Å². The van der Waals surface area contributed by atoms with Crippen LogP contribution in [0.4, 0.5) is 0 Å². The molecule has 1 fully saturated rings. The minimum absolute atomic E-state index is 0. The Labute approximate surface area is 136 Å². The Morgan fingerprint density at radius 1 is 1.26 bits per heavy atom. The van der Waals surface area contributed by atoms with Crippen molar-refractivity contribution in [2.75, 3.05) is 32.8 Å². The number of rotatable bonds is 6. The molecule has 108 valence electrons. The summed E-state index contributed by atoms with van der Waals surface area (Å²) in [7, 11) is 0. The van der Waals surface area contributed by atoms with Gasteiger partial charge in [-0.1, -0.05) is 0 Å². The van der Waals surface area contributed by atoms with Gasteiger partial charge in [-0.05, 0) is 0 Å². The van der Waals surface area contributed by atoms with Gasteiger partial charge in [-0.25, -0.2) is 0 Å². The Balaban J connectivity index is 0.00000180. The molecule has 19 heavy (non-hydrogen) atoms. The molecule has 0 N–H and O–H groups in total. The van der Waals surface area contributed by atoms with E-state index in [0.717, 1.165) is 38.2 Å². The molecule has 1 aromatic carbocycles. The Hall–Kier alpha value is 0.389. The fourth-order valence-electron chi connectivity index (χ4n) is 1.88. The maximum atomic E-state index is 5.42. The molecule has 6 heteroatoms. The minimum Gasteiger partial charge on any atom is -0.147 e. The quantitative estimate of drug-likeness (QED) is 0.663. The van der Waals surface area contributed by atoms with Gasteiger partial charge in [0.25, 0.3) is 0 Å². The number of benzene rings is 1. The van der Waals surface area contributed by atoms with E-state index in [-0.39, 0.29) is 18.5 Å². The number of hydrogen-bond acceptors (Lipinski definition) is 3. The van der Waals surface area contributed by atoms with E-state index in [9.17, 15) is 0 Å². The smallest absolute Gasteiger partial charge is 0.147 e. The molecule has 0 bridgehead atoms. The van der Waals surface area contributed by atoms with E-state index in [1.54, 1.807) is 0 Å². The van der Waals surface area contributed by atoms with Crippen LogP contribution in [0.15, 0.2) is 30.3 Å². The maximum absolute atomic E-state index is 5.42. The summed E-state index contributed by atoms with van der Waals surface area (Å²) in [5.41, 5.74) is 0. The van der Waals surface area contributed by atoms with Crippen molar-refractivity contribution in [3.05, 3.63) is 30.3 Å². The van der Waals surface area contributed by atoms with Crippen molar-refractivity contribution in [2.45, 2.75) is 11.4 Å². The van der Waals surface area contributed by atoms with Gasteiger partial charge in [0.2, 0.25) is 0 Å². The van der Waals surface area contributed by atoms with Crippen LogP contribution in [0.25, 0.3) is 0 Å². The maximum Gasteiger partial charge on any atom is -0.147 e. The molecule has 1 saturated heterocycles. The van der Waals surface area contributed by atoms with E-state index in [0.29, 0.717) is 15.0 Å². The first-order valence-corrected chi connectivity index (χ1v) is 8.85. The van der Waals surface area contributed by atoms with Gasteiger partial charge in [-0.3, -0.25) is 0 Å². The number of nitrogens with zero attached hydrogens (tertiary/aromatic N) is 1. The van der Waals surface area contributed by atoms with Crippen LogP contribution in [0.1, 0.15) is 0 Å². The SMILES string of the molecule is BrOC(C[Se]c1ccccc1)CN1CCOCC1.Cl. The third kappa shape index (κ3) is 6.58. The molecule has 1 unspecified atom stereocenters. The normalized spacial score (nSPS) is 17.7. The molecular weight excluding hydrogens is 396 g/mol. The Bertz CT molecular complexity index is 339. The van der Waals surface area contributed by atoms with Crippen LogP contribution in [-0.2, 0) is 8.57 Å². The molecule has 0 radical (unpaired) electrons. The van der Waals surface area contributed by atoms with E-state index in [1.165, 1.54) is 4.46 Å². The van der Waals surface area contributed by atoms with Crippen molar-refractivity contribution in [3.8, 4) is 0 Å². The van der Waals surface area contributed by atoms with E-state index >= 15 is 0 Å². The fraction of sp³-hybridized carbons (Fsp3) is 0.538. The molecule has 1 heterocycles. The third-order valence-corrected chi connectivity index (χ3v) is 5.80. The van der Waals surface area contributed by atoms with Gasteiger partial charge in [-0.15, -0.1) is 12.4 Å². The Kier molecular flexibility index (Phi) is 9.33. The van der Waals surface area contributed by atoms with Crippen LogP contribution in [-0.4, -0.2) is 58.8 Å². The predicted octanol–water partition coefficient (Wildman–Crippen LogP) is 1.88. The zero-order valence-electron chi connectivity index (χ0n) is 10.7. The average molecular weight is 416 g/mol. The van der Waals surface area contributed by atoms with Crippen molar-refractivity contribution in [3.63, 3.8) is 0 Å². The summed E-state index contributed by atoms with van der Waals surface area (Å²) in [5.74, 6) is 0. The second-order valence-electron chi connectivity index (χ2n) is 4.25.